The van der Waals surface area contributed by atoms with Crippen LogP contribution in [0.2, 0.25) is 0 Å². The zero-order valence-corrected chi connectivity index (χ0v) is 15.0. The van der Waals surface area contributed by atoms with Gasteiger partial charge in [0.1, 0.15) is 0 Å². The van der Waals surface area contributed by atoms with Crippen LogP contribution >= 0.6 is 0 Å². The summed E-state index contributed by atoms with van der Waals surface area (Å²) in [6.07, 6.45) is 5.31. The maximum absolute atomic E-state index is 2.35. The van der Waals surface area contributed by atoms with Crippen LogP contribution in [0.5, 0.6) is 0 Å². The lowest BCUT2D eigenvalue weighted by atomic mass is 9.75. The Labute approximate surface area is 118 Å². The molecule has 0 saturated carbocycles. The van der Waals surface area contributed by atoms with Crippen LogP contribution in [0.15, 0.2) is 0 Å². The van der Waals surface area contributed by atoms with Crippen LogP contribution in [-0.4, -0.2) is 0 Å². The van der Waals surface area contributed by atoms with Crippen molar-refractivity contribution in [1.29, 1.82) is 0 Å². The normalized spacial score (nSPS) is 14.2. The van der Waals surface area contributed by atoms with E-state index in [9.17, 15) is 0 Å². The highest BCUT2D eigenvalue weighted by atomic mass is 14.3. The average molecular weight is 257 g/mol. The lowest BCUT2D eigenvalue weighted by Gasteiger charge is -2.31. The first-order chi connectivity index (χ1) is 7.93. The average Bonchev–Trinajstić information content (AvgIpc) is 2.14. The van der Waals surface area contributed by atoms with E-state index in [4.69, 9.17) is 0 Å². The first-order valence-corrected chi connectivity index (χ1v) is 7.93. The van der Waals surface area contributed by atoms with E-state index in [0.717, 1.165) is 11.8 Å². The van der Waals surface area contributed by atoms with Crippen LogP contribution in [-0.2, 0) is 0 Å². The first-order valence-electron chi connectivity index (χ1n) is 7.93. The van der Waals surface area contributed by atoms with Gasteiger partial charge < -0.3 is 0 Å². The summed E-state index contributed by atoms with van der Waals surface area (Å²) in [5, 5.41) is 0. The minimum Gasteiger partial charge on any atom is -0.0651 e. The fourth-order valence-corrected chi connectivity index (χ4v) is 2.53. The molecular formula is C18H40. The second-order valence-corrected chi connectivity index (χ2v) is 8.40. The largest absolute Gasteiger partial charge is 0.0651 e. The van der Waals surface area contributed by atoms with E-state index in [1.807, 2.05) is 0 Å². The summed E-state index contributed by atoms with van der Waals surface area (Å²) in [6.45, 7) is 23.0. The van der Waals surface area contributed by atoms with Crippen LogP contribution in [0, 0.1) is 22.7 Å². The fourth-order valence-electron chi connectivity index (χ4n) is 2.53. The van der Waals surface area contributed by atoms with E-state index >= 15 is 0 Å². The molecule has 0 amide bonds. The van der Waals surface area contributed by atoms with Gasteiger partial charge in [0.15, 0.2) is 0 Å². The Morgan fingerprint density at radius 2 is 1.28 bits per heavy atom. The Bertz CT molecular complexity index is 181. The molecule has 0 aromatic carbocycles. The summed E-state index contributed by atoms with van der Waals surface area (Å²) in [5.41, 5.74) is 1.01. The summed E-state index contributed by atoms with van der Waals surface area (Å²) in [6, 6.07) is 0. The van der Waals surface area contributed by atoms with Crippen molar-refractivity contribution in [2.24, 2.45) is 22.7 Å². The highest BCUT2D eigenvalue weighted by Crippen LogP contribution is 2.35. The maximum atomic E-state index is 2.35. The minimum absolute atomic E-state index is 0.486. The summed E-state index contributed by atoms with van der Waals surface area (Å²) >= 11 is 0. The molecule has 112 valence electrons. The van der Waals surface area contributed by atoms with Crippen molar-refractivity contribution in [3.8, 4) is 0 Å². The summed E-state index contributed by atoms with van der Waals surface area (Å²) in [5.74, 6) is 1.81. The topological polar surface area (TPSA) is 0 Å². The summed E-state index contributed by atoms with van der Waals surface area (Å²) < 4.78 is 0. The van der Waals surface area contributed by atoms with Crippen molar-refractivity contribution in [1.82, 2.24) is 0 Å². The Morgan fingerprint density at radius 1 is 0.833 bits per heavy atom. The van der Waals surface area contributed by atoms with E-state index in [2.05, 4.69) is 69.2 Å². The third-order valence-electron chi connectivity index (χ3n) is 3.54. The smallest absolute Gasteiger partial charge is 0.0352 e. The Kier molecular flexibility index (Phi) is 10.2. The van der Waals surface area contributed by atoms with Crippen LogP contribution in [0.4, 0.5) is 0 Å². The molecule has 0 rings (SSSR count). The van der Waals surface area contributed by atoms with Gasteiger partial charge >= 0.3 is 0 Å². The van der Waals surface area contributed by atoms with E-state index < -0.39 is 0 Å². The molecule has 0 N–H and O–H groups in total. The van der Waals surface area contributed by atoms with Gasteiger partial charge in [-0.2, -0.15) is 0 Å². The van der Waals surface area contributed by atoms with Gasteiger partial charge in [0.05, 0.1) is 0 Å². The Balaban J connectivity index is 0. The van der Waals surface area contributed by atoms with Crippen molar-refractivity contribution >= 4 is 0 Å². The van der Waals surface area contributed by atoms with E-state index in [1.54, 1.807) is 0 Å². The molecule has 0 heteroatoms. The lowest BCUT2D eigenvalue weighted by Crippen LogP contribution is -2.19. The van der Waals surface area contributed by atoms with Crippen molar-refractivity contribution in [3.63, 3.8) is 0 Å². The molecule has 0 aliphatic heterocycles. The molecule has 0 aliphatic rings. The van der Waals surface area contributed by atoms with Crippen molar-refractivity contribution in [2.45, 2.75) is 94.9 Å². The molecule has 18 heavy (non-hydrogen) atoms. The van der Waals surface area contributed by atoms with Crippen LogP contribution in [0.3, 0.4) is 0 Å². The first kappa shape index (κ1) is 20.3. The van der Waals surface area contributed by atoms with E-state index in [-0.39, 0.29) is 0 Å². The quantitative estimate of drug-likeness (QED) is 0.500. The van der Waals surface area contributed by atoms with Gasteiger partial charge in [-0.3, -0.25) is 0 Å². The highest BCUT2D eigenvalue weighted by Gasteiger charge is 2.23. The summed E-state index contributed by atoms with van der Waals surface area (Å²) in [7, 11) is 0. The molecule has 0 spiro atoms. The fraction of sp³-hybridized carbons (Fsp3) is 1.00. The summed E-state index contributed by atoms with van der Waals surface area (Å²) in [4.78, 5) is 0. The molecule has 0 fully saturated rings. The molecule has 0 aromatic rings. The van der Waals surface area contributed by atoms with Crippen LogP contribution in [0.25, 0.3) is 0 Å². The molecule has 0 saturated heterocycles. The van der Waals surface area contributed by atoms with E-state index in [1.165, 1.54) is 25.7 Å². The van der Waals surface area contributed by atoms with E-state index in [0.29, 0.717) is 10.8 Å². The highest BCUT2D eigenvalue weighted by molar-refractivity contribution is 4.74. The van der Waals surface area contributed by atoms with Crippen LogP contribution < -0.4 is 0 Å². The van der Waals surface area contributed by atoms with Crippen molar-refractivity contribution in [2.75, 3.05) is 0 Å². The molecule has 0 aliphatic carbocycles. The Morgan fingerprint density at radius 3 is 1.39 bits per heavy atom. The molecule has 0 bridgehead atoms. The van der Waals surface area contributed by atoms with Gasteiger partial charge in [-0.15, -0.1) is 0 Å². The molecular weight excluding hydrogens is 216 g/mol. The van der Waals surface area contributed by atoms with Crippen molar-refractivity contribution < 1.29 is 0 Å². The minimum atomic E-state index is 0.486. The third-order valence-corrected chi connectivity index (χ3v) is 3.54. The third kappa shape index (κ3) is 16.0. The maximum Gasteiger partial charge on any atom is -0.0352 e. The van der Waals surface area contributed by atoms with Gasteiger partial charge in [0.2, 0.25) is 0 Å². The molecule has 0 nitrogen and oxygen atoms in total. The van der Waals surface area contributed by atoms with Gasteiger partial charge in [-0.25, -0.2) is 0 Å². The van der Waals surface area contributed by atoms with Gasteiger partial charge in [0.25, 0.3) is 0 Å². The van der Waals surface area contributed by atoms with Gasteiger partial charge in [0, 0.05) is 0 Å². The molecule has 0 heterocycles. The number of rotatable bonds is 5. The number of hydrogen-bond donors (Lipinski definition) is 0. The lowest BCUT2D eigenvalue weighted by molar-refractivity contribution is 0.206. The van der Waals surface area contributed by atoms with Gasteiger partial charge in [-0.1, -0.05) is 82.1 Å². The second kappa shape index (κ2) is 8.99. The van der Waals surface area contributed by atoms with Crippen molar-refractivity contribution in [3.05, 3.63) is 0 Å². The number of hydrogen-bond acceptors (Lipinski definition) is 0. The molecule has 0 aromatic heterocycles. The zero-order chi connectivity index (χ0) is 15.0. The predicted octanol–water partition coefficient (Wildman–Crippen LogP) is 6.94. The standard InChI is InChI=1S/C10H22.C8H18/c1-7-10(5,6)8-9(2,3)4;1-5-8(4)6-7(2)3/h7-8H2,1-6H3;7-8H,5-6H2,1-4H3. The monoisotopic (exact) mass is 256 g/mol. The second-order valence-electron chi connectivity index (χ2n) is 8.40. The van der Waals surface area contributed by atoms with Gasteiger partial charge in [-0.05, 0) is 35.5 Å². The SMILES string of the molecule is CCC(C)(C)CC(C)(C)C.CCC(C)CC(C)C. The molecule has 1 atom stereocenters. The molecule has 1 unspecified atom stereocenters. The zero-order valence-electron chi connectivity index (χ0n) is 15.0. The Hall–Kier alpha value is 0. The molecule has 0 radical (unpaired) electrons. The predicted molar refractivity (Wildman–Crippen MR) is 87.1 cm³/mol. The van der Waals surface area contributed by atoms with Crippen LogP contribution in [0.1, 0.15) is 94.9 Å².